The molecule has 0 atom stereocenters. The Morgan fingerprint density at radius 3 is 1.70 bits per heavy atom. The number of hydrogen-bond donors (Lipinski definition) is 1. The molecule has 3 heteroatoms. The molecule has 0 radical (unpaired) electrons. The van der Waals surface area contributed by atoms with E-state index >= 15 is 0 Å². The van der Waals surface area contributed by atoms with Crippen molar-refractivity contribution in [3.63, 3.8) is 0 Å². The smallest absolute Gasteiger partial charge is 0.138 e. The molecule has 202 valence electrons. The number of allylic oxidation sites excluding steroid dienone is 4. The van der Waals surface area contributed by atoms with Crippen molar-refractivity contribution >= 4 is 65.5 Å². The maximum Gasteiger partial charge on any atom is 0.138 e. The van der Waals surface area contributed by atoms with Crippen LogP contribution in [0.4, 0.5) is 0 Å². The molecule has 0 saturated carbocycles. The number of aromatic nitrogens is 3. The molecule has 43 heavy (non-hydrogen) atoms. The monoisotopic (exact) mass is 549 g/mol. The van der Waals surface area contributed by atoms with Gasteiger partial charge in [0.15, 0.2) is 0 Å². The molecule has 0 spiro atoms. The van der Waals surface area contributed by atoms with Crippen LogP contribution in [0.5, 0.6) is 0 Å². The lowest BCUT2D eigenvalue weighted by atomic mass is 9.86. The summed E-state index contributed by atoms with van der Waals surface area (Å²) in [5, 5.41) is 7.29. The molecular weight excluding hydrogens is 522 g/mol. The number of rotatable bonds is 3. The lowest BCUT2D eigenvalue weighted by molar-refractivity contribution is 1.07. The molecule has 0 aliphatic heterocycles. The minimum Gasteiger partial charge on any atom is -0.338 e. The first kappa shape index (κ1) is 24.1. The average Bonchev–Trinajstić information content (AvgIpc) is 3.52. The Morgan fingerprint density at radius 1 is 0.465 bits per heavy atom. The lowest BCUT2D eigenvalue weighted by Crippen LogP contribution is -1.98. The van der Waals surface area contributed by atoms with Crippen LogP contribution >= 0.6 is 0 Å². The summed E-state index contributed by atoms with van der Waals surface area (Å²) in [5.74, 6) is 0.907. The van der Waals surface area contributed by atoms with Crippen LogP contribution in [0.1, 0.15) is 24.0 Å². The molecule has 1 aliphatic rings. The highest BCUT2D eigenvalue weighted by Gasteiger charge is 2.19. The summed E-state index contributed by atoms with van der Waals surface area (Å²) in [7, 11) is 0. The van der Waals surface area contributed by atoms with Crippen LogP contribution in [0.25, 0.3) is 76.9 Å². The van der Waals surface area contributed by atoms with Crippen LogP contribution in [0.15, 0.2) is 133 Å². The van der Waals surface area contributed by atoms with Crippen molar-refractivity contribution in [2.24, 2.45) is 0 Å². The maximum atomic E-state index is 5.35. The summed E-state index contributed by atoms with van der Waals surface area (Å²) in [4.78, 5) is 13.6. The first-order valence-electron chi connectivity index (χ1n) is 14.9. The second kappa shape index (κ2) is 9.50. The van der Waals surface area contributed by atoms with Crippen LogP contribution in [-0.4, -0.2) is 15.0 Å². The van der Waals surface area contributed by atoms with Crippen molar-refractivity contribution in [1.82, 2.24) is 15.0 Å². The van der Waals surface area contributed by atoms with Gasteiger partial charge in [-0.15, -0.1) is 0 Å². The van der Waals surface area contributed by atoms with Crippen LogP contribution in [0.3, 0.4) is 0 Å². The van der Waals surface area contributed by atoms with E-state index in [1.54, 1.807) is 0 Å². The van der Waals surface area contributed by atoms with Gasteiger partial charge < -0.3 is 4.98 Å². The third-order valence-corrected chi connectivity index (χ3v) is 8.95. The molecular formula is C40H27N3. The molecule has 0 bridgehead atoms. The van der Waals surface area contributed by atoms with Crippen molar-refractivity contribution < 1.29 is 0 Å². The van der Waals surface area contributed by atoms with Gasteiger partial charge >= 0.3 is 0 Å². The Balaban J connectivity index is 1.17. The van der Waals surface area contributed by atoms with Gasteiger partial charge in [0.2, 0.25) is 0 Å². The van der Waals surface area contributed by atoms with Crippen molar-refractivity contribution in [1.29, 1.82) is 0 Å². The predicted molar refractivity (Wildman–Crippen MR) is 181 cm³/mol. The average molecular weight is 550 g/mol. The second-order valence-electron chi connectivity index (χ2n) is 11.4. The SMILES string of the molecule is C1=C(c2ccc(-c3nc4ccccc4[nH]3)cc2)CCC(c2c3ccc4ccccc4c3nc3c2ccc2ccccc23)=C1. The minimum atomic E-state index is 0.907. The molecule has 0 saturated heterocycles. The van der Waals surface area contributed by atoms with E-state index in [9.17, 15) is 0 Å². The number of H-pyrrole nitrogens is 1. The van der Waals surface area contributed by atoms with E-state index in [2.05, 4.69) is 120 Å². The minimum absolute atomic E-state index is 0.907. The van der Waals surface area contributed by atoms with Crippen LogP contribution < -0.4 is 0 Å². The van der Waals surface area contributed by atoms with Crippen LogP contribution in [0.2, 0.25) is 0 Å². The number of fused-ring (bicyclic) bond motifs is 7. The number of aromatic amines is 1. The van der Waals surface area contributed by atoms with Gasteiger partial charge in [-0.05, 0) is 58.0 Å². The summed E-state index contributed by atoms with van der Waals surface area (Å²) in [5.41, 5.74) is 10.6. The fourth-order valence-corrected chi connectivity index (χ4v) is 6.78. The van der Waals surface area contributed by atoms with E-state index < -0.39 is 0 Å². The zero-order valence-electron chi connectivity index (χ0n) is 23.5. The van der Waals surface area contributed by atoms with Crippen LogP contribution in [-0.2, 0) is 0 Å². The van der Waals surface area contributed by atoms with Gasteiger partial charge in [0.05, 0.1) is 22.1 Å². The van der Waals surface area contributed by atoms with Crippen molar-refractivity contribution in [2.75, 3.05) is 0 Å². The van der Waals surface area contributed by atoms with Crippen molar-refractivity contribution in [2.45, 2.75) is 12.8 Å². The summed E-state index contributed by atoms with van der Waals surface area (Å²) in [6.07, 6.45) is 6.62. The highest BCUT2D eigenvalue weighted by Crippen LogP contribution is 2.41. The summed E-state index contributed by atoms with van der Waals surface area (Å²) >= 11 is 0. The number of hydrogen-bond acceptors (Lipinski definition) is 2. The fraction of sp³-hybridized carbons (Fsp3) is 0.0500. The quantitative estimate of drug-likeness (QED) is 0.176. The van der Waals surface area contributed by atoms with Gasteiger partial charge in [0.25, 0.3) is 0 Å². The van der Waals surface area contributed by atoms with E-state index in [1.807, 2.05) is 18.2 Å². The number of imidazole rings is 1. The summed E-state index contributed by atoms with van der Waals surface area (Å²) < 4.78 is 0. The number of para-hydroxylation sites is 2. The van der Waals surface area contributed by atoms with E-state index in [1.165, 1.54) is 54.6 Å². The molecule has 3 nitrogen and oxygen atoms in total. The van der Waals surface area contributed by atoms with Crippen molar-refractivity contribution in [3.8, 4) is 11.4 Å². The van der Waals surface area contributed by atoms with E-state index in [0.29, 0.717) is 0 Å². The fourth-order valence-electron chi connectivity index (χ4n) is 6.78. The first-order valence-corrected chi connectivity index (χ1v) is 14.9. The zero-order chi connectivity index (χ0) is 28.3. The Labute approximate surface area is 248 Å². The summed E-state index contributed by atoms with van der Waals surface area (Å²) in [6.45, 7) is 0. The largest absolute Gasteiger partial charge is 0.338 e. The Morgan fingerprint density at radius 2 is 1.05 bits per heavy atom. The maximum absolute atomic E-state index is 5.35. The molecule has 0 unspecified atom stereocenters. The number of nitrogens with one attached hydrogen (secondary N) is 1. The Kier molecular flexibility index (Phi) is 5.32. The Hall–Kier alpha value is -5.54. The molecule has 2 heterocycles. The topological polar surface area (TPSA) is 41.6 Å². The second-order valence-corrected chi connectivity index (χ2v) is 11.4. The number of pyridine rings is 1. The molecule has 0 fully saturated rings. The van der Waals surface area contributed by atoms with Crippen molar-refractivity contribution in [3.05, 3.63) is 145 Å². The first-order chi connectivity index (χ1) is 21.3. The normalized spacial score (nSPS) is 13.7. The molecule has 0 amide bonds. The van der Waals surface area contributed by atoms with E-state index in [4.69, 9.17) is 9.97 Å². The highest BCUT2D eigenvalue weighted by atomic mass is 14.9. The third kappa shape index (κ3) is 3.89. The zero-order valence-corrected chi connectivity index (χ0v) is 23.5. The third-order valence-electron chi connectivity index (χ3n) is 8.95. The summed E-state index contributed by atoms with van der Waals surface area (Å²) in [6, 6.07) is 43.2. The van der Waals surface area contributed by atoms with Gasteiger partial charge in [0.1, 0.15) is 5.82 Å². The molecule has 8 aromatic rings. The van der Waals surface area contributed by atoms with Gasteiger partial charge in [-0.25, -0.2) is 9.97 Å². The molecule has 1 aliphatic carbocycles. The predicted octanol–water partition coefficient (Wildman–Crippen LogP) is 10.5. The molecule has 9 rings (SSSR count). The van der Waals surface area contributed by atoms with Gasteiger partial charge in [0, 0.05) is 27.1 Å². The number of benzene rings is 6. The molecule has 2 aromatic heterocycles. The highest BCUT2D eigenvalue weighted by molar-refractivity contribution is 6.19. The van der Waals surface area contributed by atoms with Crippen LogP contribution in [0, 0.1) is 0 Å². The lowest BCUT2D eigenvalue weighted by Gasteiger charge is -2.20. The molecule has 6 aromatic carbocycles. The van der Waals surface area contributed by atoms with Gasteiger partial charge in [-0.3, -0.25) is 0 Å². The van der Waals surface area contributed by atoms with Gasteiger partial charge in [-0.1, -0.05) is 121 Å². The standard InChI is InChI=1S/C40H27N3/c1-3-9-31-27(7-1)21-23-33-37(34-24-22-28-8-2-4-10-32(28)39(34)43-38(31)33)29-17-13-25(14-18-29)26-15-19-30(20-16-26)40-41-35-11-5-6-12-36(35)42-40/h1-13,15-17,19-24H,14,18H2,(H,41,42). The molecule has 1 N–H and O–H groups in total. The van der Waals surface area contributed by atoms with E-state index in [0.717, 1.165) is 46.3 Å². The van der Waals surface area contributed by atoms with Gasteiger partial charge in [-0.2, -0.15) is 0 Å². The number of nitrogens with zero attached hydrogens (tertiary/aromatic N) is 2. The Bertz CT molecular complexity index is 2320. The van der Waals surface area contributed by atoms with E-state index in [-0.39, 0.29) is 0 Å².